The SMILES string of the molecule is CCn1ncc2c(NC3CCC3)c(C3=NOC4(C3)CC(NC(C)=O)C4)cnc21.O=C(O)O. The fourth-order valence-corrected chi connectivity index (χ4v) is 4.50. The number of aromatic nitrogens is 3. The van der Waals surface area contributed by atoms with Crippen LogP contribution in [-0.4, -0.2) is 60.4 Å². The highest BCUT2D eigenvalue weighted by Crippen LogP contribution is 2.44. The largest absolute Gasteiger partial charge is 0.503 e. The fourth-order valence-electron chi connectivity index (χ4n) is 4.50. The Morgan fingerprint density at radius 2 is 1.97 bits per heavy atom. The van der Waals surface area contributed by atoms with E-state index in [0.29, 0.717) is 6.04 Å². The number of carbonyl (C=O) groups excluding carboxylic acids is 1. The average Bonchev–Trinajstić information content (AvgIpc) is 3.28. The number of aryl methyl sites for hydroxylation is 1. The zero-order valence-electron chi connectivity index (χ0n) is 18.2. The first-order valence-corrected chi connectivity index (χ1v) is 10.9. The van der Waals surface area contributed by atoms with E-state index in [1.54, 1.807) is 6.92 Å². The Kier molecular flexibility index (Phi) is 5.90. The molecule has 2 aromatic rings. The predicted molar refractivity (Wildman–Crippen MR) is 117 cm³/mol. The molecule has 2 aromatic heterocycles. The summed E-state index contributed by atoms with van der Waals surface area (Å²) in [5.41, 5.74) is 3.64. The maximum atomic E-state index is 11.3. The number of anilines is 1. The van der Waals surface area contributed by atoms with Crippen molar-refractivity contribution in [1.82, 2.24) is 20.1 Å². The van der Waals surface area contributed by atoms with Crippen molar-refractivity contribution in [2.45, 2.75) is 76.6 Å². The summed E-state index contributed by atoms with van der Waals surface area (Å²) in [6, 6.07) is 0.682. The van der Waals surface area contributed by atoms with Crippen LogP contribution in [-0.2, 0) is 16.2 Å². The number of carbonyl (C=O) groups is 2. The molecule has 0 atom stereocenters. The van der Waals surface area contributed by atoms with Crippen molar-refractivity contribution in [1.29, 1.82) is 0 Å². The average molecular weight is 444 g/mol. The van der Waals surface area contributed by atoms with Crippen LogP contribution in [0.25, 0.3) is 11.0 Å². The van der Waals surface area contributed by atoms with Crippen molar-refractivity contribution in [2.75, 3.05) is 5.32 Å². The van der Waals surface area contributed by atoms with Gasteiger partial charge in [0.2, 0.25) is 5.91 Å². The molecular weight excluding hydrogens is 416 g/mol. The Bertz CT molecular complexity index is 1050. The molecule has 2 fully saturated rings. The van der Waals surface area contributed by atoms with Gasteiger partial charge in [-0.15, -0.1) is 0 Å². The lowest BCUT2D eigenvalue weighted by Crippen LogP contribution is -2.54. The number of hydrogen-bond donors (Lipinski definition) is 4. The number of amides is 1. The minimum Gasteiger partial charge on any atom is -0.450 e. The van der Waals surface area contributed by atoms with E-state index in [-0.39, 0.29) is 17.6 Å². The highest BCUT2D eigenvalue weighted by atomic mass is 16.7. The van der Waals surface area contributed by atoms with Crippen molar-refractivity contribution < 1.29 is 24.6 Å². The van der Waals surface area contributed by atoms with E-state index in [9.17, 15) is 4.79 Å². The Balaban J connectivity index is 0.000000567. The van der Waals surface area contributed by atoms with Crippen LogP contribution < -0.4 is 10.6 Å². The van der Waals surface area contributed by atoms with E-state index in [1.807, 2.05) is 17.1 Å². The van der Waals surface area contributed by atoms with Gasteiger partial charge in [-0.05, 0) is 26.2 Å². The van der Waals surface area contributed by atoms with Gasteiger partial charge in [0.25, 0.3) is 0 Å². The van der Waals surface area contributed by atoms with E-state index in [0.717, 1.165) is 53.8 Å². The molecule has 1 aliphatic heterocycles. The van der Waals surface area contributed by atoms with E-state index in [1.165, 1.54) is 19.3 Å². The summed E-state index contributed by atoms with van der Waals surface area (Å²) < 4.78 is 1.92. The molecule has 1 spiro atoms. The van der Waals surface area contributed by atoms with Gasteiger partial charge in [-0.3, -0.25) is 4.79 Å². The normalized spacial score (nSPS) is 23.9. The molecule has 11 nitrogen and oxygen atoms in total. The maximum absolute atomic E-state index is 11.3. The van der Waals surface area contributed by atoms with E-state index in [4.69, 9.17) is 19.8 Å². The maximum Gasteiger partial charge on any atom is 0.503 e. The highest BCUT2D eigenvalue weighted by molar-refractivity contribution is 6.10. The second kappa shape index (κ2) is 8.64. The molecule has 0 saturated heterocycles. The second-order valence-corrected chi connectivity index (χ2v) is 8.59. The van der Waals surface area contributed by atoms with Gasteiger partial charge in [0.15, 0.2) is 5.65 Å². The lowest BCUT2D eigenvalue weighted by atomic mass is 9.72. The molecule has 2 saturated carbocycles. The van der Waals surface area contributed by atoms with Crippen molar-refractivity contribution in [3.05, 3.63) is 18.0 Å². The molecule has 32 heavy (non-hydrogen) atoms. The number of pyridine rings is 1. The molecule has 3 aliphatic rings. The van der Waals surface area contributed by atoms with E-state index >= 15 is 0 Å². The Labute approximate surface area is 184 Å². The number of rotatable bonds is 5. The third-order valence-corrected chi connectivity index (χ3v) is 6.21. The molecule has 0 bridgehead atoms. The third-order valence-electron chi connectivity index (χ3n) is 6.21. The monoisotopic (exact) mass is 444 g/mol. The van der Waals surface area contributed by atoms with Crippen LogP contribution in [0.4, 0.5) is 10.5 Å². The van der Waals surface area contributed by atoms with Gasteiger partial charge in [0.05, 0.1) is 23.0 Å². The van der Waals surface area contributed by atoms with Gasteiger partial charge in [-0.2, -0.15) is 5.10 Å². The molecule has 5 rings (SSSR count). The van der Waals surface area contributed by atoms with Gasteiger partial charge in [0.1, 0.15) is 5.60 Å². The van der Waals surface area contributed by atoms with Crippen molar-refractivity contribution >= 4 is 34.5 Å². The summed E-state index contributed by atoms with van der Waals surface area (Å²) in [6.45, 7) is 4.41. The molecule has 0 radical (unpaired) electrons. The lowest BCUT2D eigenvalue weighted by Gasteiger charge is -2.42. The van der Waals surface area contributed by atoms with Crippen LogP contribution in [0.5, 0.6) is 0 Å². The van der Waals surface area contributed by atoms with Gasteiger partial charge in [-0.1, -0.05) is 5.16 Å². The zero-order valence-corrected chi connectivity index (χ0v) is 18.2. The third kappa shape index (κ3) is 4.32. The summed E-state index contributed by atoms with van der Waals surface area (Å²) in [7, 11) is 0. The minimum atomic E-state index is -1.83. The van der Waals surface area contributed by atoms with Crippen LogP contribution in [0.1, 0.15) is 57.9 Å². The summed E-state index contributed by atoms with van der Waals surface area (Å²) in [6.07, 6.45) is 7.97. The summed E-state index contributed by atoms with van der Waals surface area (Å²) >= 11 is 0. The summed E-state index contributed by atoms with van der Waals surface area (Å²) in [4.78, 5) is 30.4. The quantitative estimate of drug-likeness (QED) is 0.549. The smallest absolute Gasteiger partial charge is 0.450 e. The van der Waals surface area contributed by atoms with E-state index < -0.39 is 6.16 Å². The molecule has 172 valence electrons. The van der Waals surface area contributed by atoms with Gasteiger partial charge in [0, 0.05) is 56.6 Å². The molecule has 3 heterocycles. The number of nitrogens with one attached hydrogen (secondary N) is 2. The molecule has 1 amide bonds. The van der Waals surface area contributed by atoms with Gasteiger partial charge in [-0.25, -0.2) is 14.5 Å². The second-order valence-electron chi connectivity index (χ2n) is 8.59. The van der Waals surface area contributed by atoms with Crippen LogP contribution >= 0.6 is 0 Å². The fraction of sp³-hybridized carbons (Fsp3) is 0.571. The first kappa shape index (κ1) is 21.8. The standard InChI is InChI=1S/C20H26N6O2.CH2O3/c1-3-26-19-16(11-22-26)18(24-13-5-4-6-13)15(10-21-19)17-9-20(28-25-17)7-14(8-20)23-12(2)27;2-1(3)4/h10-11,13-14H,3-9H2,1-2H3,(H,21,24)(H,23,27);(H2,2,3,4). The molecule has 11 heteroatoms. The number of fused-ring (bicyclic) bond motifs is 1. The van der Waals surface area contributed by atoms with E-state index in [2.05, 4.69) is 32.8 Å². The van der Waals surface area contributed by atoms with Crippen LogP contribution in [0.15, 0.2) is 17.5 Å². The molecular formula is C21H28N6O5. The van der Waals surface area contributed by atoms with Crippen molar-refractivity contribution in [3.8, 4) is 0 Å². The molecule has 0 unspecified atom stereocenters. The predicted octanol–water partition coefficient (Wildman–Crippen LogP) is 2.80. The Morgan fingerprint density at radius 1 is 1.25 bits per heavy atom. The first-order valence-electron chi connectivity index (χ1n) is 10.9. The zero-order chi connectivity index (χ0) is 22.9. The Morgan fingerprint density at radius 3 is 2.56 bits per heavy atom. The van der Waals surface area contributed by atoms with Crippen LogP contribution in [0, 0.1) is 0 Å². The number of nitrogens with zero attached hydrogens (tertiary/aromatic N) is 4. The minimum absolute atomic E-state index is 0.00793. The highest BCUT2D eigenvalue weighted by Gasteiger charge is 2.51. The van der Waals surface area contributed by atoms with Gasteiger partial charge < -0.3 is 25.7 Å². The molecule has 4 N–H and O–H groups in total. The topological polar surface area (TPSA) is 151 Å². The lowest BCUT2D eigenvalue weighted by molar-refractivity contribution is -0.126. The van der Waals surface area contributed by atoms with Crippen LogP contribution in [0.3, 0.4) is 0 Å². The Hall–Kier alpha value is -3.37. The van der Waals surface area contributed by atoms with Crippen molar-refractivity contribution in [3.63, 3.8) is 0 Å². The summed E-state index contributed by atoms with van der Waals surface area (Å²) in [5, 5.41) is 30.6. The van der Waals surface area contributed by atoms with Crippen LogP contribution in [0.2, 0.25) is 0 Å². The first-order chi connectivity index (χ1) is 15.3. The number of oxime groups is 1. The molecule has 0 aromatic carbocycles. The number of carboxylic acid groups (broad SMARTS) is 2. The van der Waals surface area contributed by atoms with Gasteiger partial charge >= 0.3 is 6.16 Å². The van der Waals surface area contributed by atoms with Crippen molar-refractivity contribution in [2.24, 2.45) is 5.16 Å². The molecule has 2 aliphatic carbocycles. The number of hydrogen-bond acceptors (Lipinski definition) is 7. The summed E-state index contributed by atoms with van der Waals surface area (Å²) in [5.74, 6) is 0.00793.